The van der Waals surface area contributed by atoms with E-state index in [0.717, 1.165) is 18.4 Å². The molecule has 5 rings (SSSR count). The topological polar surface area (TPSA) is 77.9 Å². The lowest BCUT2D eigenvalue weighted by atomic mass is 10.1. The molecule has 3 aromatic rings. The molecule has 1 atom stereocenters. The lowest BCUT2D eigenvalue weighted by Gasteiger charge is -2.23. The van der Waals surface area contributed by atoms with Crippen molar-refractivity contribution in [3.8, 4) is 11.6 Å². The number of nitrogens with one attached hydrogen (secondary N) is 1. The van der Waals surface area contributed by atoms with E-state index in [2.05, 4.69) is 22.3 Å². The van der Waals surface area contributed by atoms with E-state index in [-0.39, 0.29) is 23.6 Å². The molecule has 0 bridgehead atoms. The Hall–Kier alpha value is -3.20. The van der Waals surface area contributed by atoms with Gasteiger partial charge in [-0.05, 0) is 67.5 Å². The number of benzene rings is 2. The summed E-state index contributed by atoms with van der Waals surface area (Å²) in [6.07, 6.45) is 2.46. The fourth-order valence-corrected chi connectivity index (χ4v) is 4.54. The van der Waals surface area contributed by atoms with E-state index in [1.54, 1.807) is 36.4 Å². The molecule has 1 aromatic heterocycles. The lowest BCUT2D eigenvalue weighted by molar-refractivity contribution is 0.0623. The SMILES string of the molecule is C=C(OCC)c1cc(C2=NC(Cc3ccc(Cl)cc3Cl)CON2)c(Oc2cccc(C3CC3)c2F)nn1. The summed E-state index contributed by atoms with van der Waals surface area (Å²) >= 11 is 12.4. The maximum absolute atomic E-state index is 15.2. The number of aliphatic imine (C=N–C) groups is 1. The zero-order valence-electron chi connectivity index (χ0n) is 20.1. The van der Waals surface area contributed by atoms with Crippen LogP contribution in [0.4, 0.5) is 4.39 Å². The van der Waals surface area contributed by atoms with E-state index in [4.69, 9.17) is 42.5 Å². The highest BCUT2D eigenvalue weighted by molar-refractivity contribution is 6.35. The first-order valence-electron chi connectivity index (χ1n) is 12.0. The quantitative estimate of drug-likeness (QED) is 0.311. The Morgan fingerprint density at radius 2 is 2.03 bits per heavy atom. The van der Waals surface area contributed by atoms with Crippen LogP contribution in [-0.2, 0) is 16.0 Å². The summed E-state index contributed by atoms with van der Waals surface area (Å²) in [4.78, 5) is 10.5. The highest BCUT2D eigenvalue weighted by Crippen LogP contribution is 2.43. The third kappa shape index (κ3) is 5.87. The van der Waals surface area contributed by atoms with Gasteiger partial charge in [-0.3, -0.25) is 9.83 Å². The second-order valence-corrected chi connectivity index (χ2v) is 9.67. The largest absolute Gasteiger partial charge is 0.492 e. The lowest BCUT2D eigenvalue weighted by Crippen LogP contribution is -2.37. The van der Waals surface area contributed by atoms with Crippen LogP contribution < -0.4 is 10.2 Å². The van der Waals surface area contributed by atoms with Crippen LogP contribution in [0.5, 0.6) is 11.6 Å². The zero-order valence-corrected chi connectivity index (χ0v) is 21.7. The van der Waals surface area contributed by atoms with Gasteiger partial charge in [0.25, 0.3) is 0 Å². The second-order valence-electron chi connectivity index (χ2n) is 8.82. The molecule has 1 N–H and O–H groups in total. The van der Waals surface area contributed by atoms with Gasteiger partial charge in [0.05, 0.1) is 24.8 Å². The van der Waals surface area contributed by atoms with Crippen molar-refractivity contribution in [1.82, 2.24) is 15.7 Å². The molecule has 2 aromatic carbocycles. The minimum Gasteiger partial charge on any atom is -0.492 e. The van der Waals surface area contributed by atoms with Gasteiger partial charge in [-0.2, -0.15) is 0 Å². The zero-order chi connectivity index (χ0) is 25.9. The van der Waals surface area contributed by atoms with Crippen molar-refractivity contribution in [1.29, 1.82) is 0 Å². The highest BCUT2D eigenvalue weighted by atomic mass is 35.5. The predicted molar refractivity (Wildman–Crippen MR) is 141 cm³/mol. The third-order valence-corrected chi connectivity index (χ3v) is 6.65. The molecule has 1 aliphatic heterocycles. The van der Waals surface area contributed by atoms with Gasteiger partial charge < -0.3 is 9.47 Å². The van der Waals surface area contributed by atoms with Gasteiger partial charge in [-0.1, -0.05) is 48.0 Å². The van der Waals surface area contributed by atoms with Crippen LogP contribution in [0.25, 0.3) is 5.76 Å². The summed E-state index contributed by atoms with van der Waals surface area (Å²) in [7, 11) is 0. The number of halogens is 3. The molecule has 2 heterocycles. The van der Waals surface area contributed by atoms with Gasteiger partial charge in [0, 0.05) is 10.0 Å². The van der Waals surface area contributed by atoms with E-state index in [9.17, 15) is 0 Å². The summed E-state index contributed by atoms with van der Waals surface area (Å²) in [5.41, 5.74) is 5.19. The third-order valence-electron chi connectivity index (χ3n) is 6.06. The number of hydroxylamine groups is 1. The van der Waals surface area contributed by atoms with E-state index < -0.39 is 5.82 Å². The van der Waals surface area contributed by atoms with Gasteiger partial charge in [0.1, 0.15) is 11.5 Å². The minimum absolute atomic E-state index is 0.0677. The maximum atomic E-state index is 15.2. The maximum Gasteiger partial charge on any atom is 0.250 e. The molecular formula is C27H25Cl2FN4O3. The fourth-order valence-electron chi connectivity index (χ4n) is 4.05. The molecule has 37 heavy (non-hydrogen) atoms. The molecule has 0 spiro atoms. The predicted octanol–water partition coefficient (Wildman–Crippen LogP) is 6.49. The number of nitrogens with zero attached hydrogens (tertiary/aromatic N) is 3. The Balaban J connectivity index is 1.49. The second kappa shape index (κ2) is 11.0. The molecule has 2 aliphatic rings. The number of aromatic nitrogens is 2. The van der Waals surface area contributed by atoms with Crippen molar-refractivity contribution >= 4 is 34.8 Å². The van der Waals surface area contributed by atoms with Crippen LogP contribution in [0.2, 0.25) is 10.0 Å². The Morgan fingerprint density at radius 1 is 1.19 bits per heavy atom. The van der Waals surface area contributed by atoms with Crippen LogP contribution in [-0.4, -0.2) is 35.3 Å². The number of hydrogen-bond donors (Lipinski definition) is 1. The van der Waals surface area contributed by atoms with Gasteiger partial charge in [-0.25, -0.2) is 9.87 Å². The summed E-state index contributed by atoms with van der Waals surface area (Å²) < 4.78 is 26.7. The molecule has 1 fully saturated rings. The molecular weight excluding hydrogens is 518 g/mol. The minimum atomic E-state index is -0.398. The number of rotatable bonds is 9. The van der Waals surface area contributed by atoms with Crippen molar-refractivity contribution < 1.29 is 18.7 Å². The molecule has 0 saturated heterocycles. The molecule has 7 nitrogen and oxygen atoms in total. The van der Waals surface area contributed by atoms with Gasteiger partial charge in [-0.15, -0.1) is 10.2 Å². The molecule has 192 valence electrons. The van der Waals surface area contributed by atoms with Crippen molar-refractivity contribution in [2.45, 2.75) is 38.1 Å². The normalized spacial score (nSPS) is 17.1. The van der Waals surface area contributed by atoms with Crippen molar-refractivity contribution in [2.75, 3.05) is 13.2 Å². The van der Waals surface area contributed by atoms with Gasteiger partial charge in [0.15, 0.2) is 17.4 Å². The standard InChI is InChI=1S/C27H25Cl2FN4O3/c1-3-35-15(2)23-13-21(26-31-19(14-36-34-26)11-17-9-10-18(28)12-22(17)29)27(33-32-23)37-24-6-4-5-20(25(24)30)16-7-8-16/h4-6,9-10,12-13,16,19H,2-3,7-8,11,14H2,1H3,(H,31,34). The summed E-state index contributed by atoms with van der Waals surface area (Å²) in [6.45, 7) is 6.49. The number of hydrogen-bond acceptors (Lipinski definition) is 7. The average molecular weight is 543 g/mol. The molecule has 10 heteroatoms. The summed E-state index contributed by atoms with van der Waals surface area (Å²) in [5, 5.41) is 9.52. The molecule has 1 saturated carbocycles. The summed E-state index contributed by atoms with van der Waals surface area (Å²) in [5.74, 6) is 0.662. The molecule has 0 radical (unpaired) electrons. The molecule has 1 unspecified atom stereocenters. The van der Waals surface area contributed by atoms with Gasteiger partial charge >= 0.3 is 0 Å². The molecule has 1 aliphatic carbocycles. The van der Waals surface area contributed by atoms with Gasteiger partial charge in [0.2, 0.25) is 5.88 Å². The first-order valence-corrected chi connectivity index (χ1v) is 12.7. The van der Waals surface area contributed by atoms with Crippen LogP contribution >= 0.6 is 23.2 Å². The first-order chi connectivity index (χ1) is 17.9. The Labute approximate surface area is 224 Å². The van der Waals surface area contributed by atoms with E-state index >= 15 is 4.39 Å². The summed E-state index contributed by atoms with van der Waals surface area (Å²) in [6, 6.07) is 11.9. The van der Waals surface area contributed by atoms with Crippen molar-refractivity contribution in [3.05, 3.63) is 87.3 Å². The Bertz CT molecular complexity index is 1360. The first kappa shape index (κ1) is 25.4. The van der Waals surface area contributed by atoms with E-state index in [0.29, 0.717) is 58.1 Å². The molecule has 0 amide bonds. The van der Waals surface area contributed by atoms with Crippen LogP contribution in [0, 0.1) is 5.82 Å². The van der Waals surface area contributed by atoms with Crippen LogP contribution in [0.15, 0.2) is 54.0 Å². The van der Waals surface area contributed by atoms with E-state index in [1.165, 1.54) is 0 Å². The van der Waals surface area contributed by atoms with Crippen LogP contribution in [0.1, 0.15) is 48.1 Å². The fraction of sp³-hybridized carbons (Fsp3) is 0.296. The average Bonchev–Trinajstić information content (AvgIpc) is 3.73. The monoisotopic (exact) mass is 542 g/mol. The number of ether oxygens (including phenoxy) is 2. The number of amidine groups is 1. The smallest absolute Gasteiger partial charge is 0.250 e. The van der Waals surface area contributed by atoms with Crippen molar-refractivity contribution in [3.63, 3.8) is 0 Å². The highest BCUT2D eigenvalue weighted by Gasteiger charge is 2.29. The Kier molecular flexibility index (Phi) is 7.60. The van der Waals surface area contributed by atoms with E-state index in [1.807, 2.05) is 13.0 Å². The van der Waals surface area contributed by atoms with Crippen LogP contribution in [0.3, 0.4) is 0 Å². The Morgan fingerprint density at radius 3 is 2.78 bits per heavy atom. The van der Waals surface area contributed by atoms with Crippen molar-refractivity contribution in [2.24, 2.45) is 4.99 Å².